The predicted molar refractivity (Wildman–Crippen MR) is 85.3 cm³/mol. The minimum Gasteiger partial charge on any atom is -0.454 e. The van der Waals surface area contributed by atoms with Gasteiger partial charge in [0.05, 0.1) is 6.54 Å². The molecule has 2 aliphatic rings. The van der Waals surface area contributed by atoms with E-state index in [-0.39, 0.29) is 25.2 Å². The van der Waals surface area contributed by atoms with E-state index >= 15 is 0 Å². The Morgan fingerprint density at radius 3 is 2.67 bits per heavy atom. The molecule has 0 aromatic heterocycles. The van der Waals surface area contributed by atoms with Crippen molar-refractivity contribution >= 4 is 11.8 Å². The fraction of sp³-hybridized carbons (Fsp3) is 0.222. The average molecular weight is 324 g/mol. The number of fused-ring (bicyclic) bond motifs is 1. The van der Waals surface area contributed by atoms with Crippen LogP contribution in [0.25, 0.3) is 0 Å². The zero-order valence-electron chi connectivity index (χ0n) is 12.9. The molecular weight excluding hydrogens is 308 g/mol. The predicted octanol–water partition coefficient (Wildman–Crippen LogP) is 1.61. The molecule has 1 atom stereocenters. The lowest BCUT2D eigenvalue weighted by molar-refractivity contribution is -0.146. The molecule has 2 aromatic rings. The number of nitrogens with zero attached hydrogens (tertiary/aromatic N) is 1. The van der Waals surface area contributed by atoms with E-state index in [1.54, 1.807) is 23.1 Å². The summed E-state index contributed by atoms with van der Waals surface area (Å²) in [4.78, 5) is 26.5. The van der Waals surface area contributed by atoms with Gasteiger partial charge in [0.25, 0.3) is 0 Å². The van der Waals surface area contributed by atoms with Crippen molar-refractivity contribution in [1.82, 2.24) is 10.2 Å². The molecule has 6 heteroatoms. The minimum atomic E-state index is -0.680. The van der Waals surface area contributed by atoms with Crippen LogP contribution in [0.15, 0.2) is 48.5 Å². The first-order valence-electron chi connectivity index (χ1n) is 7.73. The van der Waals surface area contributed by atoms with E-state index in [0.717, 1.165) is 5.56 Å². The van der Waals surface area contributed by atoms with Gasteiger partial charge in [-0.1, -0.05) is 36.4 Å². The monoisotopic (exact) mass is 324 g/mol. The molecular formula is C18H16N2O4. The molecule has 1 fully saturated rings. The largest absolute Gasteiger partial charge is 0.454 e. The number of nitrogens with one attached hydrogen (secondary N) is 1. The summed E-state index contributed by atoms with van der Waals surface area (Å²) < 4.78 is 10.7. The summed E-state index contributed by atoms with van der Waals surface area (Å²) in [6.07, 6.45) is 0. The van der Waals surface area contributed by atoms with Crippen molar-refractivity contribution in [2.24, 2.45) is 0 Å². The molecule has 24 heavy (non-hydrogen) atoms. The summed E-state index contributed by atoms with van der Waals surface area (Å²) >= 11 is 0. The third-order valence-electron chi connectivity index (χ3n) is 4.20. The number of carbonyl (C=O) groups is 2. The molecule has 0 saturated carbocycles. The highest BCUT2D eigenvalue weighted by Crippen LogP contribution is 2.36. The van der Waals surface area contributed by atoms with Crippen LogP contribution < -0.4 is 14.8 Å². The molecule has 1 unspecified atom stereocenters. The highest BCUT2D eigenvalue weighted by Gasteiger charge is 2.36. The van der Waals surface area contributed by atoms with Crippen LogP contribution in [0.3, 0.4) is 0 Å². The molecule has 6 nitrogen and oxygen atoms in total. The minimum absolute atomic E-state index is 0.0206. The first kappa shape index (κ1) is 14.6. The second kappa shape index (κ2) is 5.88. The molecule has 0 radical (unpaired) electrons. The number of ether oxygens (including phenoxy) is 2. The van der Waals surface area contributed by atoms with Crippen LogP contribution >= 0.6 is 0 Å². The number of piperazine rings is 1. The maximum Gasteiger partial charge on any atom is 0.247 e. The van der Waals surface area contributed by atoms with Gasteiger partial charge in [0, 0.05) is 6.54 Å². The van der Waals surface area contributed by atoms with Gasteiger partial charge in [0.15, 0.2) is 11.5 Å². The van der Waals surface area contributed by atoms with Crippen molar-refractivity contribution in [3.8, 4) is 11.5 Å². The van der Waals surface area contributed by atoms with Gasteiger partial charge in [-0.2, -0.15) is 0 Å². The highest BCUT2D eigenvalue weighted by molar-refractivity contribution is 5.95. The fourth-order valence-electron chi connectivity index (χ4n) is 3.02. The Kier molecular flexibility index (Phi) is 3.57. The van der Waals surface area contributed by atoms with Gasteiger partial charge in [-0.25, -0.2) is 0 Å². The van der Waals surface area contributed by atoms with Crippen LogP contribution in [0.4, 0.5) is 0 Å². The number of benzene rings is 2. The summed E-state index contributed by atoms with van der Waals surface area (Å²) in [6, 6.07) is 14.3. The lowest BCUT2D eigenvalue weighted by atomic mass is 10.0. The van der Waals surface area contributed by atoms with Crippen molar-refractivity contribution in [1.29, 1.82) is 0 Å². The number of rotatable bonds is 3. The summed E-state index contributed by atoms with van der Waals surface area (Å²) in [5.74, 6) is 0.944. The van der Waals surface area contributed by atoms with Crippen molar-refractivity contribution in [2.45, 2.75) is 12.6 Å². The molecule has 2 heterocycles. The van der Waals surface area contributed by atoms with Crippen LogP contribution in [0, 0.1) is 0 Å². The van der Waals surface area contributed by atoms with E-state index in [9.17, 15) is 9.59 Å². The van der Waals surface area contributed by atoms with E-state index in [0.29, 0.717) is 23.6 Å². The zero-order chi connectivity index (χ0) is 16.5. The van der Waals surface area contributed by atoms with Gasteiger partial charge >= 0.3 is 0 Å². The fourth-order valence-corrected chi connectivity index (χ4v) is 3.02. The van der Waals surface area contributed by atoms with E-state index in [1.807, 2.05) is 30.3 Å². The second-order valence-electron chi connectivity index (χ2n) is 5.74. The molecule has 0 bridgehead atoms. The van der Waals surface area contributed by atoms with E-state index in [4.69, 9.17) is 9.47 Å². The van der Waals surface area contributed by atoms with E-state index in [1.165, 1.54) is 0 Å². The lowest BCUT2D eigenvalue weighted by Crippen LogP contribution is -2.53. The topological polar surface area (TPSA) is 67.9 Å². The highest BCUT2D eigenvalue weighted by atomic mass is 16.7. The van der Waals surface area contributed by atoms with Crippen LogP contribution in [-0.4, -0.2) is 30.1 Å². The SMILES string of the molecule is O=C1NCC(=O)N(Cc2ccccc2)C1c1ccc2c(c1)OCO2. The smallest absolute Gasteiger partial charge is 0.247 e. The molecule has 1 saturated heterocycles. The third kappa shape index (κ3) is 2.56. The molecule has 1 N–H and O–H groups in total. The Labute approximate surface area is 139 Å². The van der Waals surface area contributed by atoms with Crippen LogP contribution in [-0.2, 0) is 16.1 Å². The van der Waals surface area contributed by atoms with Gasteiger partial charge in [0.2, 0.25) is 18.6 Å². The molecule has 2 aliphatic heterocycles. The second-order valence-corrected chi connectivity index (χ2v) is 5.74. The third-order valence-corrected chi connectivity index (χ3v) is 4.20. The normalized spacial score (nSPS) is 19.3. The zero-order valence-corrected chi connectivity index (χ0v) is 12.9. The Morgan fingerprint density at radius 1 is 1.04 bits per heavy atom. The van der Waals surface area contributed by atoms with Gasteiger partial charge in [-0.05, 0) is 23.3 Å². The summed E-state index contributed by atoms with van der Waals surface area (Å²) in [6.45, 7) is 0.571. The Balaban J connectivity index is 1.69. The standard InChI is InChI=1S/C18H16N2O4/c21-16-9-19-18(22)17(20(16)10-12-4-2-1-3-5-12)13-6-7-14-15(8-13)24-11-23-14/h1-8,17H,9-11H2,(H,19,22). The van der Waals surface area contributed by atoms with Gasteiger partial charge in [-0.3, -0.25) is 9.59 Å². The number of carbonyl (C=O) groups excluding carboxylic acids is 2. The van der Waals surface area contributed by atoms with E-state index in [2.05, 4.69) is 5.32 Å². The first-order valence-corrected chi connectivity index (χ1v) is 7.73. The Bertz CT molecular complexity index is 791. The first-order chi connectivity index (χ1) is 11.7. The molecule has 2 aromatic carbocycles. The molecule has 2 amide bonds. The molecule has 0 spiro atoms. The van der Waals surface area contributed by atoms with Crippen LogP contribution in [0.5, 0.6) is 11.5 Å². The Hall–Kier alpha value is -3.02. The maximum absolute atomic E-state index is 12.5. The summed E-state index contributed by atoms with van der Waals surface area (Å²) in [7, 11) is 0. The summed E-state index contributed by atoms with van der Waals surface area (Å²) in [5.41, 5.74) is 1.69. The van der Waals surface area contributed by atoms with Crippen LogP contribution in [0.1, 0.15) is 17.2 Å². The van der Waals surface area contributed by atoms with Gasteiger partial charge in [-0.15, -0.1) is 0 Å². The quantitative estimate of drug-likeness (QED) is 0.931. The van der Waals surface area contributed by atoms with Crippen LogP contribution in [0.2, 0.25) is 0 Å². The van der Waals surface area contributed by atoms with Crippen molar-refractivity contribution in [3.05, 3.63) is 59.7 Å². The lowest BCUT2D eigenvalue weighted by Gasteiger charge is -2.35. The van der Waals surface area contributed by atoms with Crippen molar-refractivity contribution in [2.75, 3.05) is 13.3 Å². The number of hydrogen-bond acceptors (Lipinski definition) is 4. The Morgan fingerprint density at radius 2 is 1.83 bits per heavy atom. The maximum atomic E-state index is 12.5. The number of hydrogen-bond donors (Lipinski definition) is 1. The van der Waals surface area contributed by atoms with Crippen molar-refractivity contribution in [3.63, 3.8) is 0 Å². The van der Waals surface area contributed by atoms with E-state index < -0.39 is 6.04 Å². The summed E-state index contributed by atoms with van der Waals surface area (Å²) in [5, 5.41) is 2.66. The molecule has 122 valence electrons. The van der Waals surface area contributed by atoms with Crippen molar-refractivity contribution < 1.29 is 19.1 Å². The molecule has 4 rings (SSSR count). The number of amides is 2. The van der Waals surface area contributed by atoms with Gasteiger partial charge in [0.1, 0.15) is 6.04 Å². The molecule has 0 aliphatic carbocycles. The average Bonchev–Trinajstić information content (AvgIpc) is 3.07. The van der Waals surface area contributed by atoms with Gasteiger partial charge < -0.3 is 19.7 Å².